The molecule has 0 aliphatic rings. The van der Waals surface area contributed by atoms with E-state index in [0.717, 1.165) is 27.5 Å². The average Bonchev–Trinajstić information content (AvgIpc) is 3.14. The lowest BCUT2D eigenvalue weighted by Gasteiger charge is -2.04. The highest BCUT2D eigenvalue weighted by Crippen LogP contribution is 2.19. The molecule has 0 saturated heterocycles. The van der Waals surface area contributed by atoms with Crippen LogP contribution in [0.15, 0.2) is 42.0 Å². The fourth-order valence-corrected chi connectivity index (χ4v) is 3.24. The molecule has 21 heavy (non-hydrogen) atoms. The molecule has 3 heterocycles. The van der Waals surface area contributed by atoms with Gasteiger partial charge < -0.3 is 4.57 Å². The number of benzene rings is 1. The standard InChI is InChI=1S/C15H11N5S/c16-6-5-14-18-12-3-1-2-4-13(12)20(14)10-11-9-19-7-8-21-15(19)17-11/h1-4,7-9H,5,10H2. The van der Waals surface area contributed by atoms with E-state index >= 15 is 0 Å². The SMILES string of the molecule is N#CCc1nc2ccccc2n1Cc1cn2ccsc2n1. The van der Waals surface area contributed by atoms with Crippen LogP contribution in [0.3, 0.4) is 0 Å². The predicted octanol–water partition coefficient (Wildman–Crippen LogP) is 2.86. The van der Waals surface area contributed by atoms with Crippen LogP contribution in [0.2, 0.25) is 0 Å². The van der Waals surface area contributed by atoms with Crippen molar-refractivity contribution in [2.75, 3.05) is 0 Å². The van der Waals surface area contributed by atoms with Gasteiger partial charge in [0.1, 0.15) is 5.82 Å². The van der Waals surface area contributed by atoms with E-state index in [2.05, 4.69) is 20.6 Å². The van der Waals surface area contributed by atoms with E-state index in [4.69, 9.17) is 5.26 Å². The Morgan fingerprint density at radius 3 is 3.00 bits per heavy atom. The summed E-state index contributed by atoms with van der Waals surface area (Å²) in [6, 6.07) is 10.1. The Morgan fingerprint density at radius 1 is 1.24 bits per heavy atom. The van der Waals surface area contributed by atoms with Crippen molar-refractivity contribution in [3.05, 3.63) is 53.6 Å². The van der Waals surface area contributed by atoms with Gasteiger partial charge in [0.25, 0.3) is 0 Å². The van der Waals surface area contributed by atoms with Crippen LogP contribution in [0, 0.1) is 11.3 Å². The minimum absolute atomic E-state index is 0.302. The van der Waals surface area contributed by atoms with Crippen LogP contribution in [0.1, 0.15) is 11.5 Å². The fourth-order valence-electron chi connectivity index (χ4n) is 2.52. The third-order valence-electron chi connectivity index (χ3n) is 3.43. The molecule has 1 aromatic carbocycles. The number of nitrogens with zero attached hydrogens (tertiary/aromatic N) is 5. The molecule has 4 aromatic rings. The average molecular weight is 293 g/mol. The Kier molecular flexibility index (Phi) is 2.72. The largest absolute Gasteiger partial charge is 0.321 e. The van der Waals surface area contributed by atoms with Gasteiger partial charge in [0, 0.05) is 17.8 Å². The first kappa shape index (κ1) is 12.1. The van der Waals surface area contributed by atoms with Crippen LogP contribution in [-0.4, -0.2) is 18.9 Å². The first-order valence-electron chi connectivity index (χ1n) is 6.57. The van der Waals surface area contributed by atoms with E-state index in [1.165, 1.54) is 0 Å². The molecule has 0 radical (unpaired) electrons. The lowest BCUT2D eigenvalue weighted by Crippen LogP contribution is -2.05. The van der Waals surface area contributed by atoms with E-state index in [1.807, 2.05) is 46.4 Å². The fraction of sp³-hybridized carbons (Fsp3) is 0.133. The molecule has 102 valence electrons. The summed E-state index contributed by atoms with van der Waals surface area (Å²) in [6.07, 6.45) is 4.33. The topological polar surface area (TPSA) is 58.9 Å². The molecule has 4 rings (SSSR count). The molecular weight excluding hydrogens is 282 g/mol. The zero-order chi connectivity index (χ0) is 14.2. The number of imidazole rings is 2. The number of hydrogen-bond donors (Lipinski definition) is 0. The maximum atomic E-state index is 9.00. The normalized spacial score (nSPS) is 11.2. The van der Waals surface area contributed by atoms with Crippen molar-refractivity contribution < 1.29 is 0 Å². The third kappa shape index (κ3) is 1.99. The predicted molar refractivity (Wildman–Crippen MR) is 81.2 cm³/mol. The van der Waals surface area contributed by atoms with Gasteiger partial charge in [0.2, 0.25) is 0 Å². The number of hydrogen-bond acceptors (Lipinski definition) is 4. The molecule has 0 fully saturated rings. The molecule has 0 N–H and O–H groups in total. The Hall–Kier alpha value is -2.65. The van der Waals surface area contributed by atoms with Crippen LogP contribution in [0.25, 0.3) is 16.0 Å². The zero-order valence-corrected chi connectivity index (χ0v) is 11.9. The molecule has 0 amide bonds. The summed E-state index contributed by atoms with van der Waals surface area (Å²) in [6.45, 7) is 0.631. The monoisotopic (exact) mass is 293 g/mol. The molecule has 0 aliphatic carbocycles. The number of aromatic nitrogens is 4. The Bertz CT molecular complexity index is 940. The number of rotatable bonds is 3. The van der Waals surface area contributed by atoms with Crippen molar-refractivity contribution in [3.63, 3.8) is 0 Å². The van der Waals surface area contributed by atoms with Crippen molar-refractivity contribution in [2.45, 2.75) is 13.0 Å². The summed E-state index contributed by atoms with van der Waals surface area (Å²) in [5.41, 5.74) is 2.94. The quantitative estimate of drug-likeness (QED) is 0.583. The van der Waals surface area contributed by atoms with Crippen LogP contribution in [-0.2, 0) is 13.0 Å². The lowest BCUT2D eigenvalue weighted by atomic mass is 10.3. The van der Waals surface area contributed by atoms with Crippen LogP contribution >= 0.6 is 11.3 Å². The summed E-state index contributed by atoms with van der Waals surface area (Å²) in [5.74, 6) is 0.787. The lowest BCUT2D eigenvalue weighted by molar-refractivity contribution is 0.755. The van der Waals surface area contributed by atoms with E-state index < -0.39 is 0 Å². The van der Waals surface area contributed by atoms with Crippen molar-refractivity contribution in [1.29, 1.82) is 5.26 Å². The van der Waals surface area contributed by atoms with Gasteiger partial charge in [-0.2, -0.15) is 5.26 Å². The molecule has 0 unspecified atom stereocenters. The number of fused-ring (bicyclic) bond motifs is 2. The van der Waals surface area contributed by atoms with Gasteiger partial charge in [-0.25, -0.2) is 9.97 Å². The molecule has 0 bridgehead atoms. The summed E-state index contributed by atoms with van der Waals surface area (Å²) < 4.78 is 4.09. The maximum Gasteiger partial charge on any atom is 0.193 e. The van der Waals surface area contributed by atoms with Gasteiger partial charge >= 0.3 is 0 Å². The van der Waals surface area contributed by atoms with Gasteiger partial charge in [-0.1, -0.05) is 12.1 Å². The van der Waals surface area contributed by atoms with E-state index in [-0.39, 0.29) is 0 Å². The molecular formula is C15H11N5S. The van der Waals surface area contributed by atoms with Crippen LogP contribution in [0.5, 0.6) is 0 Å². The molecule has 6 heteroatoms. The molecule has 0 atom stereocenters. The summed E-state index contributed by atoms with van der Waals surface area (Å²) in [7, 11) is 0. The van der Waals surface area contributed by atoms with Crippen molar-refractivity contribution in [1.82, 2.24) is 18.9 Å². The summed E-state index contributed by atoms with van der Waals surface area (Å²) in [4.78, 5) is 10.1. The first-order valence-corrected chi connectivity index (χ1v) is 7.45. The molecule has 3 aromatic heterocycles. The number of para-hydroxylation sites is 2. The Balaban J connectivity index is 1.82. The van der Waals surface area contributed by atoms with Gasteiger partial charge in [0.15, 0.2) is 4.96 Å². The van der Waals surface area contributed by atoms with E-state index in [0.29, 0.717) is 13.0 Å². The maximum absolute atomic E-state index is 9.00. The number of thiazole rings is 1. The Labute approximate surface area is 124 Å². The van der Waals surface area contributed by atoms with Crippen LogP contribution in [0.4, 0.5) is 0 Å². The van der Waals surface area contributed by atoms with E-state index in [1.54, 1.807) is 11.3 Å². The van der Waals surface area contributed by atoms with Crippen molar-refractivity contribution in [2.24, 2.45) is 0 Å². The molecule has 0 aliphatic heterocycles. The van der Waals surface area contributed by atoms with Gasteiger partial charge in [-0.3, -0.25) is 4.40 Å². The minimum atomic E-state index is 0.302. The second kappa shape index (κ2) is 4.72. The second-order valence-corrected chi connectivity index (χ2v) is 5.64. The third-order valence-corrected chi connectivity index (χ3v) is 4.20. The summed E-state index contributed by atoms with van der Waals surface area (Å²) >= 11 is 1.61. The Morgan fingerprint density at radius 2 is 2.14 bits per heavy atom. The van der Waals surface area contributed by atoms with Crippen LogP contribution < -0.4 is 0 Å². The zero-order valence-electron chi connectivity index (χ0n) is 11.1. The van der Waals surface area contributed by atoms with Gasteiger partial charge in [0.05, 0.1) is 35.8 Å². The first-order chi connectivity index (χ1) is 10.3. The highest BCUT2D eigenvalue weighted by Gasteiger charge is 2.12. The highest BCUT2D eigenvalue weighted by molar-refractivity contribution is 7.15. The molecule has 0 saturated carbocycles. The van der Waals surface area contributed by atoms with Crippen molar-refractivity contribution >= 4 is 27.3 Å². The molecule has 0 spiro atoms. The van der Waals surface area contributed by atoms with Crippen molar-refractivity contribution in [3.8, 4) is 6.07 Å². The highest BCUT2D eigenvalue weighted by atomic mass is 32.1. The smallest absolute Gasteiger partial charge is 0.193 e. The minimum Gasteiger partial charge on any atom is -0.321 e. The summed E-state index contributed by atoms with van der Waals surface area (Å²) in [5, 5.41) is 11.0. The van der Waals surface area contributed by atoms with Gasteiger partial charge in [-0.15, -0.1) is 11.3 Å². The second-order valence-electron chi connectivity index (χ2n) is 4.76. The van der Waals surface area contributed by atoms with Gasteiger partial charge in [-0.05, 0) is 12.1 Å². The number of nitriles is 1. The van der Waals surface area contributed by atoms with E-state index in [9.17, 15) is 0 Å². The molecule has 5 nitrogen and oxygen atoms in total.